The van der Waals surface area contributed by atoms with E-state index in [1.165, 1.54) is 18.2 Å². The number of ether oxygens (including phenoxy) is 1. The molecule has 1 heterocycles. The van der Waals surface area contributed by atoms with Gasteiger partial charge in [-0.05, 0) is 24.8 Å². The number of nitrogens with two attached hydrogens (primary N) is 1. The number of hydrogen-bond donors (Lipinski definition) is 1. The monoisotopic (exact) mass is 293 g/mol. The SMILES string of the molecule is CN(CC1CCCOC1)C(=O)c1cc([N+](=O)[O-])ccc1N. The Labute approximate surface area is 122 Å². The zero-order chi connectivity index (χ0) is 15.4. The van der Waals surface area contributed by atoms with E-state index in [1.54, 1.807) is 11.9 Å². The van der Waals surface area contributed by atoms with Gasteiger partial charge in [-0.25, -0.2) is 0 Å². The Morgan fingerprint density at radius 1 is 1.57 bits per heavy atom. The molecule has 7 heteroatoms. The first-order valence-corrected chi connectivity index (χ1v) is 6.86. The van der Waals surface area contributed by atoms with Crippen molar-refractivity contribution in [1.29, 1.82) is 0 Å². The van der Waals surface area contributed by atoms with Gasteiger partial charge in [-0.2, -0.15) is 0 Å². The molecule has 0 spiro atoms. The van der Waals surface area contributed by atoms with Gasteiger partial charge in [-0.15, -0.1) is 0 Å². The quantitative estimate of drug-likeness (QED) is 0.517. The van der Waals surface area contributed by atoms with Crippen molar-refractivity contribution in [1.82, 2.24) is 4.90 Å². The normalized spacial score (nSPS) is 18.2. The number of nitro benzene ring substituents is 1. The Bertz CT molecular complexity index is 541. The molecule has 0 aromatic heterocycles. The minimum absolute atomic E-state index is 0.137. The standard InChI is InChI=1S/C14H19N3O4/c1-16(8-10-3-2-6-21-9-10)14(18)12-7-11(17(19)20)4-5-13(12)15/h4-5,7,10H,2-3,6,8-9,15H2,1H3. The lowest BCUT2D eigenvalue weighted by molar-refractivity contribution is -0.384. The zero-order valence-electron chi connectivity index (χ0n) is 11.9. The number of anilines is 1. The molecule has 1 atom stereocenters. The van der Waals surface area contributed by atoms with Crippen LogP contribution in [-0.2, 0) is 4.74 Å². The van der Waals surface area contributed by atoms with Gasteiger partial charge in [0.25, 0.3) is 11.6 Å². The molecule has 1 unspecified atom stereocenters. The lowest BCUT2D eigenvalue weighted by atomic mass is 10.0. The van der Waals surface area contributed by atoms with Crippen LogP contribution in [0.1, 0.15) is 23.2 Å². The highest BCUT2D eigenvalue weighted by Crippen LogP contribution is 2.22. The number of rotatable bonds is 4. The number of nitro groups is 1. The second-order valence-corrected chi connectivity index (χ2v) is 5.30. The van der Waals surface area contributed by atoms with Crippen LogP contribution in [0.4, 0.5) is 11.4 Å². The molecule has 21 heavy (non-hydrogen) atoms. The topological polar surface area (TPSA) is 98.7 Å². The predicted molar refractivity (Wildman–Crippen MR) is 78.0 cm³/mol. The smallest absolute Gasteiger partial charge is 0.270 e. The summed E-state index contributed by atoms with van der Waals surface area (Å²) in [4.78, 5) is 24.2. The average molecular weight is 293 g/mol. The minimum atomic E-state index is -0.537. The molecule has 1 aromatic carbocycles. The van der Waals surface area contributed by atoms with E-state index in [4.69, 9.17) is 10.5 Å². The van der Waals surface area contributed by atoms with E-state index < -0.39 is 4.92 Å². The van der Waals surface area contributed by atoms with E-state index in [0.29, 0.717) is 19.1 Å². The highest BCUT2D eigenvalue weighted by molar-refractivity contribution is 5.99. The van der Waals surface area contributed by atoms with Crippen LogP contribution in [-0.4, -0.2) is 42.5 Å². The number of benzene rings is 1. The van der Waals surface area contributed by atoms with Crippen LogP contribution < -0.4 is 5.73 Å². The van der Waals surface area contributed by atoms with Gasteiger partial charge in [0.2, 0.25) is 0 Å². The van der Waals surface area contributed by atoms with Crippen LogP contribution in [0.3, 0.4) is 0 Å². The molecule has 1 fully saturated rings. The van der Waals surface area contributed by atoms with E-state index >= 15 is 0 Å². The van der Waals surface area contributed by atoms with Crippen molar-refractivity contribution in [2.24, 2.45) is 5.92 Å². The Morgan fingerprint density at radius 3 is 2.95 bits per heavy atom. The van der Waals surface area contributed by atoms with Crippen molar-refractivity contribution >= 4 is 17.3 Å². The summed E-state index contributed by atoms with van der Waals surface area (Å²) in [7, 11) is 1.68. The number of nitrogen functional groups attached to an aromatic ring is 1. The van der Waals surface area contributed by atoms with Crippen LogP contribution in [0, 0.1) is 16.0 Å². The number of hydrogen-bond acceptors (Lipinski definition) is 5. The molecular formula is C14H19N3O4. The molecule has 1 aromatic rings. The third-order valence-electron chi connectivity index (χ3n) is 3.61. The number of non-ortho nitro benzene ring substituents is 1. The Hall–Kier alpha value is -2.15. The first kappa shape index (κ1) is 15.2. The van der Waals surface area contributed by atoms with Crippen molar-refractivity contribution in [3.8, 4) is 0 Å². The van der Waals surface area contributed by atoms with Crippen LogP contribution in [0.15, 0.2) is 18.2 Å². The van der Waals surface area contributed by atoms with Crippen molar-refractivity contribution in [2.45, 2.75) is 12.8 Å². The summed E-state index contributed by atoms with van der Waals surface area (Å²) in [5, 5.41) is 10.8. The first-order valence-electron chi connectivity index (χ1n) is 6.86. The lowest BCUT2D eigenvalue weighted by Crippen LogP contribution is -2.35. The van der Waals surface area contributed by atoms with Gasteiger partial charge in [0.05, 0.1) is 17.1 Å². The van der Waals surface area contributed by atoms with Crippen molar-refractivity contribution in [3.05, 3.63) is 33.9 Å². The van der Waals surface area contributed by atoms with Gasteiger partial charge >= 0.3 is 0 Å². The van der Waals surface area contributed by atoms with Gasteiger partial charge in [0.15, 0.2) is 0 Å². The van der Waals surface area contributed by atoms with Crippen LogP contribution >= 0.6 is 0 Å². The largest absolute Gasteiger partial charge is 0.398 e. The maximum Gasteiger partial charge on any atom is 0.270 e. The molecule has 114 valence electrons. The fraction of sp³-hybridized carbons (Fsp3) is 0.500. The highest BCUT2D eigenvalue weighted by Gasteiger charge is 2.22. The van der Waals surface area contributed by atoms with Crippen molar-refractivity contribution in [3.63, 3.8) is 0 Å². The second kappa shape index (κ2) is 6.53. The maximum absolute atomic E-state index is 12.4. The van der Waals surface area contributed by atoms with Crippen molar-refractivity contribution < 1.29 is 14.5 Å². The van der Waals surface area contributed by atoms with Crippen molar-refractivity contribution in [2.75, 3.05) is 32.5 Å². The molecule has 0 saturated carbocycles. The Balaban J connectivity index is 2.10. The predicted octanol–water partition coefficient (Wildman–Crippen LogP) is 1.68. The van der Waals surface area contributed by atoms with E-state index in [2.05, 4.69) is 0 Å². The Kier molecular flexibility index (Phi) is 4.74. The molecule has 2 rings (SSSR count). The number of carbonyl (C=O) groups excluding carboxylic acids is 1. The van der Waals surface area contributed by atoms with Crippen LogP contribution in [0.2, 0.25) is 0 Å². The summed E-state index contributed by atoms with van der Waals surface area (Å²) in [6, 6.07) is 3.91. The van der Waals surface area contributed by atoms with Gasteiger partial charge < -0.3 is 15.4 Å². The lowest BCUT2D eigenvalue weighted by Gasteiger charge is -2.27. The molecule has 0 radical (unpaired) electrons. The van der Waals surface area contributed by atoms with Gasteiger partial charge in [0.1, 0.15) is 0 Å². The molecule has 1 aliphatic rings. The van der Waals surface area contributed by atoms with Gasteiger partial charge in [0, 0.05) is 38.0 Å². The summed E-state index contributed by atoms with van der Waals surface area (Å²) >= 11 is 0. The number of carbonyl (C=O) groups is 1. The first-order chi connectivity index (χ1) is 9.99. The highest BCUT2D eigenvalue weighted by atomic mass is 16.6. The molecule has 7 nitrogen and oxygen atoms in total. The fourth-order valence-corrected chi connectivity index (χ4v) is 2.47. The molecule has 1 amide bonds. The van der Waals surface area contributed by atoms with E-state index in [1.807, 2.05) is 0 Å². The number of nitrogens with zero attached hydrogens (tertiary/aromatic N) is 2. The van der Waals surface area contributed by atoms with Gasteiger partial charge in [-0.1, -0.05) is 0 Å². The summed E-state index contributed by atoms with van der Waals surface area (Å²) in [6.45, 7) is 1.97. The molecule has 0 bridgehead atoms. The number of amides is 1. The van der Waals surface area contributed by atoms with E-state index in [-0.39, 0.29) is 22.8 Å². The molecule has 1 saturated heterocycles. The molecule has 0 aliphatic carbocycles. The molecule has 1 aliphatic heterocycles. The second-order valence-electron chi connectivity index (χ2n) is 5.30. The fourth-order valence-electron chi connectivity index (χ4n) is 2.47. The third kappa shape index (κ3) is 3.69. The Morgan fingerprint density at radius 2 is 2.33 bits per heavy atom. The van der Waals surface area contributed by atoms with Gasteiger partial charge in [-0.3, -0.25) is 14.9 Å². The summed E-state index contributed by atoms with van der Waals surface area (Å²) < 4.78 is 5.39. The van der Waals surface area contributed by atoms with E-state index in [0.717, 1.165) is 19.4 Å². The maximum atomic E-state index is 12.4. The van der Waals surface area contributed by atoms with Crippen LogP contribution in [0.25, 0.3) is 0 Å². The van der Waals surface area contributed by atoms with Crippen LogP contribution in [0.5, 0.6) is 0 Å². The molecular weight excluding hydrogens is 274 g/mol. The third-order valence-corrected chi connectivity index (χ3v) is 3.61. The van der Waals surface area contributed by atoms with E-state index in [9.17, 15) is 14.9 Å². The average Bonchev–Trinajstić information content (AvgIpc) is 2.47. The summed E-state index contributed by atoms with van der Waals surface area (Å²) in [5.74, 6) is -0.00519. The zero-order valence-corrected chi connectivity index (χ0v) is 11.9. The minimum Gasteiger partial charge on any atom is -0.398 e. The summed E-state index contributed by atoms with van der Waals surface area (Å²) in [5.41, 5.74) is 6.05. The molecule has 2 N–H and O–H groups in total. The summed E-state index contributed by atoms with van der Waals surface area (Å²) in [6.07, 6.45) is 2.01.